The van der Waals surface area contributed by atoms with E-state index in [9.17, 15) is 10.2 Å². The number of hydrogen-bond acceptors (Lipinski definition) is 6. The first-order valence-electron chi connectivity index (χ1n) is 24.9. The lowest BCUT2D eigenvalue weighted by molar-refractivity contribution is 0.174. The van der Waals surface area contributed by atoms with Gasteiger partial charge in [-0.2, -0.15) is 0 Å². The Labute approximate surface area is 421 Å². The van der Waals surface area contributed by atoms with E-state index in [4.69, 9.17) is 9.98 Å². The van der Waals surface area contributed by atoms with Crippen LogP contribution in [0.25, 0.3) is 32.7 Å². The van der Waals surface area contributed by atoms with Crippen molar-refractivity contribution in [2.24, 2.45) is 9.98 Å². The minimum Gasteiger partial charge on any atom is -0.507 e. The standard InChI is InChI=1S/C66H54N4O2/c71-65-55(39-67-61(45-21-5-1-6-22-45)63(47-25-9-3-10-26-47)69-41-51-31-13-14-32-52(51)42-69)37-49-29-17-19-35-57(49)59(65)60-58-36-20-18-30-50(58)38-56(66(60)72)40-68-62(46-23-7-2-8-24-46)64(48-27-11-4-12-28-48)70-43-53-33-15-16-34-54(53)44-70/h1-40,61-64,71-72H,41-44H2. The van der Waals surface area contributed by atoms with Gasteiger partial charge >= 0.3 is 0 Å². The van der Waals surface area contributed by atoms with Gasteiger partial charge in [-0.3, -0.25) is 19.8 Å². The molecule has 0 amide bonds. The third-order valence-electron chi connectivity index (χ3n) is 14.8. The fourth-order valence-electron chi connectivity index (χ4n) is 11.3. The number of aliphatic imine (C=N–C) groups is 2. The molecule has 0 saturated heterocycles. The lowest BCUT2D eigenvalue weighted by atomic mass is 9.88. The first kappa shape index (κ1) is 44.8. The Morgan fingerprint density at radius 1 is 0.347 bits per heavy atom. The second-order valence-corrected chi connectivity index (χ2v) is 19.1. The molecular weight excluding hydrogens is 881 g/mol. The van der Waals surface area contributed by atoms with Gasteiger partial charge in [-0.1, -0.05) is 218 Å². The number of fused-ring (bicyclic) bond motifs is 4. The van der Waals surface area contributed by atoms with E-state index in [1.807, 2.05) is 73.1 Å². The summed E-state index contributed by atoms with van der Waals surface area (Å²) in [6.07, 6.45) is 3.69. The monoisotopic (exact) mass is 934 g/mol. The molecule has 0 fully saturated rings. The molecule has 2 aliphatic heterocycles. The van der Waals surface area contributed by atoms with Crippen molar-refractivity contribution in [2.45, 2.75) is 50.3 Å². The van der Waals surface area contributed by atoms with Gasteiger partial charge in [0.25, 0.3) is 0 Å². The van der Waals surface area contributed by atoms with Gasteiger partial charge in [-0.15, -0.1) is 0 Å². The zero-order valence-electron chi connectivity index (χ0n) is 39.9. The first-order valence-corrected chi connectivity index (χ1v) is 24.9. The predicted molar refractivity (Wildman–Crippen MR) is 294 cm³/mol. The molecule has 4 atom stereocenters. The Balaban J connectivity index is 0.993. The highest BCUT2D eigenvalue weighted by molar-refractivity contribution is 6.14. The Morgan fingerprint density at radius 2 is 0.639 bits per heavy atom. The summed E-state index contributed by atoms with van der Waals surface area (Å²) in [5.41, 5.74) is 12.0. The van der Waals surface area contributed by atoms with Crippen LogP contribution in [0.2, 0.25) is 0 Å². The molecule has 0 bridgehead atoms. The van der Waals surface area contributed by atoms with E-state index in [0.717, 1.165) is 58.9 Å². The molecule has 2 N–H and O–H groups in total. The summed E-state index contributed by atoms with van der Waals surface area (Å²) in [4.78, 5) is 16.0. The minimum absolute atomic E-state index is 0.0449. The van der Waals surface area contributed by atoms with Crippen LogP contribution >= 0.6 is 0 Å². The second-order valence-electron chi connectivity index (χ2n) is 19.1. The summed E-state index contributed by atoms with van der Waals surface area (Å²) in [5, 5.41) is 29.3. The number of nitrogens with zero attached hydrogens (tertiary/aromatic N) is 4. The SMILES string of the molecule is Oc1c(C=NC(c2ccccc2)C(c2ccccc2)N2Cc3ccccc3C2)cc2ccccc2c1-c1c(O)c(C=NC(c2ccccc2)C(c2ccccc2)N2Cc3ccccc3C2)cc2ccccc12. The molecule has 4 unspecified atom stereocenters. The van der Waals surface area contributed by atoms with Crippen LogP contribution < -0.4 is 0 Å². The summed E-state index contributed by atoms with van der Waals surface area (Å²) < 4.78 is 0. The van der Waals surface area contributed by atoms with E-state index in [1.54, 1.807) is 0 Å². The number of hydrogen-bond donors (Lipinski definition) is 2. The third kappa shape index (κ3) is 8.66. The Morgan fingerprint density at radius 3 is 0.986 bits per heavy atom. The number of rotatable bonds is 13. The van der Waals surface area contributed by atoms with Gasteiger partial charge in [0, 0.05) is 60.9 Å². The molecule has 2 heterocycles. The van der Waals surface area contributed by atoms with Crippen LogP contribution in [-0.4, -0.2) is 32.4 Å². The van der Waals surface area contributed by atoms with Crippen molar-refractivity contribution in [1.29, 1.82) is 0 Å². The second kappa shape index (κ2) is 19.8. The minimum atomic E-state index is -0.321. The highest BCUT2D eigenvalue weighted by atomic mass is 16.3. The van der Waals surface area contributed by atoms with Crippen molar-refractivity contribution >= 4 is 34.0 Å². The van der Waals surface area contributed by atoms with Gasteiger partial charge in [0.05, 0.1) is 24.2 Å². The molecule has 0 aliphatic carbocycles. The van der Waals surface area contributed by atoms with Crippen molar-refractivity contribution in [1.82, 2.24) is 9.80 Å². The first-order chi connectivity index (χ1) is 35.6. The number of phenolic OH excluding ortho intramolecular Hbond substituents is 2. The van der Waals surface area contributed by atoms with Crippen molar-refractivity contribution in [3.8, 4) is 22.6 Å². The average Bonchev–Trinajstić information content (AvgIpc) is 4.07. The van der Waals surface area contributed by atoms with E-state index >= 15 is 0 Å². The van der Waals surface area contributed by atoms with Crippen molar-refractivity contribution in [3.63, 3.8) is 0 Å². The number of phenols is 2. The summed E-state index contributed by atoms with van der Waals surface area (Å²) in [6, 6.07) is 79.0. The average molecular weight is 935 g/mol. The molecule has 6 heteroatoms. The van der Waals surface area contributed by atoms with Gasteiger partial charge in [-0.25, -0.2) is 0 Å². The van der Waals surface area contributed by atoms with Gasteiger partial charge in [0.2, 0.25) is 0 Å². The molecule has 350 valence electrons. The zero-order valence-corrected chi connectivity index (χ0v) is 39.9. The molecule has 0 spiro atoms. The summed E-state index contributed by atoms with van der Waals surface area (Å²) in [6.45, 7) is 3.21. The highest BCUT2D eigenvalue weighted by Crippen LogP contribution is 2.49. The van der Waals surface area contributed by atoms with E-state index in [-0.39, 0.29) is 35.7 Å². The van der Waals surface area contributed by atoms with E-state index in [0.29, 0.717) is 22.3 Å². The van der Waals surface area contributed by atoms with Crippen molar-refractivity contribution in [2.75, 3.05) is 0 Å². The smallest absolute Gasteiger partial charge is 0.132 e. The summed E-state index contributed by atoms with van der Waals surface area (Å²) in [5.74, 6) is 0.0899. The van der Waals surface area contributed by atoms with Crippen LogP contribution in [0.4, 0.5) is 0 Å². The lowest BCUT2D eigenvalue weighted by Crippen LogP contribution is -2.28. The third-order valence-corrected chi connectivity index (χ3v) is 14.8. The number of aromatic hydroxyl groups is 2. The molecule has 10 aromatic carbocycles. The molecule has 0 radical (unpaired) electrons. The van der Waals surface area contributed by atoms with E-state index < -0.39 is 0 Å². The van der Waals surface area contributed by atoms with E-state index in [2.05, 4.69) is 180 Å². The quantitative estimate of drug-likeness (QED) is 0.113. The molecule has 12 rings (SSSR count). The molecule has 2 aliphatic rings. The molecule has 6 nitrogen and oxygen atoms in total. The maximum atomic E-state index is 12.9. The van der Waals surface area contributed by atoms with Gasteiger partial charge < -0.3 is 10.2 Å². The van der Waals surface area contributed by atoms with Crippen LogP contribution in [0.5, 0.6) is 11.5 Å². The fourth-order valence-corrected chi connectivity index (χ4v) is 11.3. The normalized spacial score (nSPS) is 15.5. The number of benzene rings is 10. The van der Waals surface area contributed by atoms with Crippen LogP contribution in [0.3, 0.4) is 0 Å². The molecule has 0 aromatic heterocycles. The molecular formula is C66H54N4O2. The lowest BCUT2D eigenvalue weighted by Gasteiger charge is -2.33. The van der Waals surface area contributed by atoms with Crippen molar-refractivity contribution in [3.05, 3.63) is 286 Å². The summed E-state index contributed by atoms with van der Waals surface area (Å²) >= 11 is 0. The van der Waals surface area contributed by atoms with Gasteiger partial charge in [0.15, 0.2) is 0 Å². The Kier molecular flexibility index (Phi) is 12.3. The van der Waals surface area contributed by atoms with Crippen molar-refractivity contribution < 1.29 is 10.2 Å². The Hall–Kier alpha value is -8.42. The van der Waals surface area contributed by atoms with Crippen LogP contribution in [0.15, 0.2) is 241 Å². The predicted octanol–water partition coefficient (Wildman–Crippen LogP) is 14.9. The molecule has 72 heavy (non-hydrogen) atoms. The largest absolute Gasteiger partial charge is 0.507 e. The van der Waals surface area contributed by atoms with Crippen LogP contribution in [0, 0.1) is 0 Å². The fraction of sp³-hybridized carbons (Fsp3) is 0.121. The van der Waals surface area contributed by atoms with Crippen LogP contribution in [-0.2, 0) is 26.2 Å². The maximum Gasteiger partial charge on any atom is 0.132 e. The maximum absolute atomic E-state index is 12.9. The molecule has 0 saturated carbocycles. The highest BCUT2D eigenvalue weighted by Gasteiger charge is 2.35. The van der Waals surface area contributed by atoms with E-state index in [1.165, 1.54) is 33.4 Å². The van der Waals surface area contributed by atoms with Gasteiger partial charge in [0.1, 0.15) is 11.5 Å². The molecule has 10 aromatic rings. The van der Waals surface area contributed by atoms with Gasteiger partial charge in [-0.05, 0) is 78.2 Å². The Bertz CT molecular complexity index is 3310. The summed E-state index contributed by atoms with van der Waals surface area (Å²) in [7, 11) is 0. The zero-order chi connectivity index (χ0) is 48.4. The topological polar surface area (TPSA) is 71.7 Å². The van der Waals surface area contributed by atoms with Crippen LogP contribution in [0.1, 0.15) is 79.8 Å².